The monoisotopic (exact) mass is 346 g/mol. The molecule has 0 saturated heterocycles. The Morgan fingerprint density at radius 2 is 2.22 bits per heavy atom. The van der Waals surface area contributed by atoms with E-state index in [-0.39, 0.29) is 5.91 Å². The van der Waals surface area contributed by atoms with E-state index < -0.39 is 0 Å². The lowest BCUT2D eigenvalue weighted by atomic mass is 9.72. The number of hydrazone groups is 1. The van der Waals surface area contributed by atoms with Crippen LogP contribution in [0.1, 0.15) is 53.6 Å². The zero-order valence-corrected chi connectivity index (χ0v) is 15.4. The van der Waals surface area contributed by atoms with Gasteiger partial charge in [0.1, 0.15) is 0 Å². The van der Waals surface area contributed by atoms with Gasteiger partial charge in [0.2, 0.25) is 0 Å². The summed E-state index contributed by atoms with van der Waals surface area (Å²) in [7, 11) is 0. The second kappa shape index (κ2) is 6.57. The van der Waals surface area contributed by atoms with Crippen LogP contribution in [0.25, 0.3) is 0 Å². The average Bonchev–Trinajstić information content (AvgIpc) is 3.14. The van der Waals surface area contributed by atoms with Crippen LogP contribution in [-0.4, -0.2) is 12.1 Å². The molecule has 3 rings (SSSR count). The molecule has 0 spiro atoms. The Balaban J connectivity index is 1.68. The minimum absolute atomic E-state index is 0.0943. The van der Waals surface area contributed by atoms with Gasteiger partial charge in [-0.1, -0.05) is 20.8 Å². The Morgan fingerprint density at radius 3 is 2.91 bits per heavy atom. The summed E-state index contributed by atoms with van der Waals surface area (Å²) in [4.78, 5) is 13.7. The first-order valence-corrected chi connectivity index (χ1v) is 9.72. The zero-order valence-electron chi connectivity index (χ0n) is 13.8. The molecular formula is C18H22N2OS2. The lowest BCUT2D eigenvalue weighted by Gasteiger charge is -2.33. The van der Waals surface area contributed by atoms with Crippen molar-refractivity contribution in [3.05, 3.63) is 43.8 Å². The first-order valence-electron chi connectivity index (χ1n) is 7.90. The minimum atomic E-state index is -0.0943. The summed E-state index contributed by atoms with van der Waals surface area (Å²) in [5.41, 5.74) is 6.04. The first kappa shape index (κ1) is 16.4. The van der Waals surface area contributed by atoms with Crippen LogP contribution in [-0.2, 0) is 12.8 Å². The minimum Gasteiger partial charge on any atom is -0.267 e. The largest absolute Gasteiger partial charge is 0.272 e. The van der Waals surface area contributed by atoms with E-state index in [0.29, 0.717) is 11.3 Å². The van der Waals surface area contributed by atoms with Crippen LogP contribution in [0.4, 0.5) is 0 Å². The maximum atomic E-state index is 12.4. The molecule has 0 saturated carbocycles. The number of fused-ring (bicyclic) bond motifs is 1. The van der Waals surface area contributed by atoms with E-state index in [1.165, 1.54) is 10.4 Å². The van der Waals surface area contributed by atoms with Crippen LogP contribution in [0.5, 0.6) is 0 Å². The van der Waals surface area contributed by atoms with Crippen molar-refractivity contribution < 1.29 is 4.79 Å². The van der Waals surface area contributed by atoms with Crippen molar-refractivity contribution in [2.45, 2.75) is 40.0 Å². The molecule has 0 bridgehead atoms. The number of hydrogen-bond donors (Lipinski definition) is 1. The molecule has 3 nitrogen and oxygen atoms in total. The van der Waals surface area contributed by atoms with E-state index in [0.717, 1.165) is 30.4 Å². The molecule has 1 amide bonds. The second-order valence-electron chi connectivity index (χ2n) is 7.11. The Labute approximate surface area is 145 Å². The topological polar surface area (TPSA) is 41.5 Å². The molecule has 1 aliphatic carbocycles. The molecule has 0 aliphatic heterocycles. The normalized spacial score (nSPS) is 18.1. The van der Waals surface area contributed by atoms with Gasteiger partial charge in [0, 0.05) is 15.8 Å². The fourth-order valence-electron chi connectivity index (χ4n) is 3.02. The Kier molecular flexibility index (Phi) is 4.69. The van der Waals surface area contributed by atoms with Crippen molar-refractivity contribution in [1.82, 2.24) is 5.43 Å². The van der Waals surface area contributed by atoms with E-state index >= 15 is 0 Å². The van der Waals surface area contributed by atoms with E-state index in [9.17, 15) is 4.79 Å². The van der Waals surface area contributed by atoms with Crippen LogP contribution in [0.15, 0.2) is 27.3 Å². The SMILES string of the molecule is CC(C)(C)[C@@H]1CCc2c(C(=O)NN=Cc3ccsc3)csc2C1. The van der Waals surface area contributed by atoms with Gasteiger partial charge in [0.15, 0.2) is 0 Å². The van der Waals surface area contributed by atoms with Crippen LogP contribution in [0.3, 0.4) is 0 Å². The number of thiophene rings is 2. The van der Waals surface area contributed by atoms with Crippen molar-refractivity contribution in [2.24, 2.45) is 16.4 Å². The fraction of sp³-hybridized carbons (Fsp3) is 0.444. The van der Waals surface area contributed by atoms with Gasteiger partial charge >= 0.3 is 0 Å². The highest BCUT2D eigenvalue weighted by Crippen LogP contribution is 2.40. The lowest BCUT2D eigenvalue weighted by molar-refractivity contribution is 0.0954. The third-order valence-corrected chi connectivity index (χ3v) is 6.30. The van der Waals surface area contributed by atoms with Crippen LogP contribution < -0.4 is 5.43 Å². The predicted molar refractivity (Wildman–Crippen MR) is 98.7 cm³/mol. The molecular weight excluding hydrogens is 324 g/mol. The summed E-state index contributed by atoms with van der Waals surface area (Å²) in [5, 5.41) is 10.0. The van der Waals surface area contributed by atoms with Crippen molar-refractivity contribution in [3.8, 4) is 0 Å². The summed E-state index contributed by atoms with van der Waals surface area (Å²) in [6.07, 6.45) is 4.93. The lowest BCUT2D eigenvalue weighted by Crippen LogP contribution is -2.27. The number of carbonyl (C=O) groups is 1. The van der Waals surface area contributed by atoms with Crippen molar-refractivity contribution in [1.29, 1.82) is 0 Å². The highest BCUT2D eigenvalue weighted by Gasteiger charge is 2.31. The molecule has 0 unspecified atom stereocenters. The van der Waals surface area contributed by atoms with Gasteiger partial charge in [0.25, 0.3) is 5.91 Å². The van der Waals surface area contributed by atoms with Gasteiger partial charge in [-0.05, 0) is 53.0 Å². The highest BCUT2D eigenvalue weighted by atomic mass is 32.1. The Bertz CT molecular complexity index is 708. The third-order valence-electron chi connectivity index (χ3n) is 4.55. The Hall–Kier alpha value is -1.46. The van der Waals surface area contributed by atoms with Crippen molar-refractivity contribution in [2.75, 3.05) is 0 Å². The number of nitrogens with zero attached hydrogens (tertiary/aromatic N) is 1. The summed E-state index contributed by atoms with van der Waals surface area (Å²) >= 11 is 3.33. The van der Waals surface area contributed by atoms with Crippen molar-refractivity contribution in [3.63, 3.8) is 0 Å². The highest BCUT2D eigenvalue weighted by molar-refractivity contribution is 7.10. The molecule has 122 valence electrons. The maximum Gasteiger partial charge on any atom is 0.272 e. The molecule has 0 fully saturated rings. The predicted octanol–water partition coefficient (Wildman–Crippen LogP) is 4.72. The van der Waals surface area contributed by atoms with Crippen molar-refractivity contribution >= 4 is 34.8 Å². The number of carbonyl (C=O) groups excluding carboxylic acids is 1. The molecule has 2 aromatic heterocycles. The van der Waals surface area contributed by atoms with Gasteiger partial charge in [-0.15, -0.1) is 11.3 Å². The molecule has 0 aromatic carbocycles. The summed E-state index contributed by atoms with van der Waals surface area (Å²) in [6.45, 7) is 6.93. The van der Waals surface area contributed by atoms with Gasteiger partial charge in [-0.3, -0.25) is 4.79 Å². The molecule has 5 heteroatoms. The molecule has 1 aliphatic rings. The van der Waals surface area contributed by atoms with E-state index in [4.69, 9.17) is 0 Å². The van der Waals surface area contributed by atoms with E-state index in [1.54, 1.807) is 28.9 Å². The Morgan fingerprint density at radius 1 is 1.39 bits per heavy atom. The number of amides is 1. The van der Waals surface area contributed by atoms with Crippen LogP contribution >= 0.6 is 22.7 Å². The summed E-state index contributed by atoms with van der Waals surface area (Å²) in [6, 6.07) is 1.97. The molecule has 1 N–H and O–H groups in total. The molecule has 0 radical (unpaired) electrons. The van der Waals surface area contributed by atoms with Gasteiger partial charge in [-0.2, -0.15) is 16.4 Å². The van der Waals surface area contributed by atoms with E-state index in [2.05, 4.69) is 31.3 Å². The summed E-state index contributed by atoms with van der Waals surface area (Å²) < 4.78 is 0. The zero-order chi connectivity index (χ0) is 16.4. The standard InChI is InChI=1S/C18H22N2OS2/c1-18(2,3)13-4-5-14-15(11-23-16(14)8-13)17(21)20-19-9-12-6-7-22-10-12/h6-7,9-11,13H,4-5,8H2,1-3H3,(H,20,21)/t13-/m1/s1. The number of rotatable bonds is 3. The number of hydrogen-bond acceptors (Lipinski definition) is 4. The van der Waals surface area contributed by atoms with Crippen LogP contribution in [0, 0.1) is 11.3 Å². The maximum absolute atomic E-state index is 12.4. The average molecular weight is 347 g/mol. The molecule has 23 heavy (non-hydrogen) atoms. The summed E-state index contributed by atoms with van der Waals surface area (Å²) in [5.74, 6) is 0.601. The molecule has 2 aromatic rings. The van der Waals surface area contributed by atoms with Gasteiger partial charge < -0.3 is 0 Å². The first-order chi connectivity index (χ1) is 10.9. The number of nitrogens with one attached hydrogen (secondary N) is 1. The third kappa shape index (κ3) is 3.72. The van der Waals surface area contributed by atoms with Crippen LogP contribution in [0.2, 0.25) is 0 Å². The second-order valence-corrected chi connectivity index (χ2v) is 8.86. The van der Waals surface area contributed by atoms with Gasteiger partial charge in [0.05, 0.1) is 11.8 Å². The molecule has 2 heterocycles. The molecule has 1 atom stereocenters. The van der Waals surface area contributed by atoms with Gasteiger partial charge in [-0.25, -0.2) is 5.43 Å². The van der Waals surface area contributed by atoms with E-state index in [1.807, 2.05) is 22.2 Å². The quantitative estimate of drug-likeness (QED) is 0.634. The smallest absolute Gasteiger partial charge is 0.267 e. The fourth-order valence-corrected chi connectivity index (χ4v) is 4.79.